The number of nitrogens with one attached hydrogen (secondary N) is 3. The Bertz CT molecular complexity index is 752. The van der Waals surface area contributed by atoms with Crippen LogP contribution in [0.5, 0.6) is 0 Å². The van der Waals surface area contributed by atoms with Crippen LogP contribution in [0.3, 0.4) is 0 Å². The zero-order chi connectivity index (χ0) is 18.7. The van der Waals surface area contributed by atoms with Crippen molar-refractivity contribution in [3.8, 4) is 0 Å². The summed E-state index contributed by atoms with van der Waals surface area (Å²) >= 11 is 0. The van der Waals surface area contributed by atoms with Gasteiger partial charge in [0.25, 0.3) is 0 Å². The summed E-state index contributed by atoms with van der Waals surface area (Å²) in [7, 11) is -3.47. The van der Waals surface area contributed by atoms with Crippen molar-refractivity contribution in [1.82, 2.24) is 10.0 Å². The summed E-state index contributed by atoms with van der Waals surface area (Å²) in [6, 6.07) is 18.9. The van der Waals surface area contributed by atoms with E-state index in [0.29, 0.717) is 25.8 Å². The van der Waals surface area contributed by atoms with Crippen LogP contribution in [0.25, 0.3) is 0 Å². The minimum Gasteiger partial charge on any atom is -0.384 e. The number of para-hydroxylation sites is 1. The summed E-state index contributed by atoms with van der Waals surface area (Å²) in [5.41, 5.74) is 2.05. The molecular weight excluding hydrogens is 350 g/mol. The lowest BCUT2D eigenvalue weighted by Crippen LogP contribution is -2.41. The highest BCUT2D eigenvalue weighted by atomic mass is 32.2. The second kappa shape index (κ2) is 10.6. The average Bonchev–Trinajstić information content (AvgIpc) is 2.65. The highest BCUT2D eigenvalue weighted by Crippen LogP contribution is 2.07. The quantitative estimate of drug-likeness (QED) is 0.390. The molecule has 0 saturated heterocycles. The molecule has 1 atom stereocenters. The molecule has 0 fully saturated rings. The smallest absolute Gasteiger partial charge is 0.213 e. The van der Waals surface area contributed by atoms with E-state index in [9.17, 15) is 13.2 Å². The van der Waals surface area contributed by atoms with Gasteiger partial charge in [-0.3, -0.25) is 4.79 Å². The van der Waals surface area contributed by atoms with Crippen LogP contribution < -0.4 is 15.4 Å². The molecule has 0 spiro atoms. The molecule has 0 radical (unpaired) electrons. The first kappa shape index (κ1) is 19.9. The monoisotopic (exact) mass is 375 g/mol. The van der Waals surface area contributed by atoms with Gasteiger partial charge >= 0.3 is 0 Å². The molecule has 6 nitrogen and oxygen atoms in total. The number of anilines is 1. The Balaban J connectivity index is 1.77. The Labute approximate surface area is 155 Å². The van der Waals surface area contributed by atoms with Crippen LogP contribution in [0.15, 0.2) is 60.7 Å². The van der Waals surface area contributed by atoms with Gasteiger partial charge in [0.05, 0.1) is 5.75 Å². The lowest BCUT2D eigenvalue weighted by molar-refractivity contribution is -0.110. The van der Waals surface area contributed by atoms with Crippen LogP contribution in [0.4, 0.5) is 5.69 Å². The van der Waals surface area contributed by atoms with Gasteiger partial charge in [-0.2, -0.15) is 0 Å². The van der Waals surface area contributed by atoms with E-state index in [-0.39, 0.29) is 12.3 Å². The molecule has 0 saturated carbocycles. The fourth-order valence-corrected chi connectivity index (χ4v) is 3.91. The fraction of sp³-hybridized carbons (Fsp3) is 0.316. The summed E-state index contributed by atoms with van der Waals surface area (Å²) in [5, 5.41) is 5.75. The standard InChI is InChI=1S/C19H25N3O3S/c23-16-21-19(12-11-17-7-3-1-4-8-17)15-26(24,25)22-14-13-20-18-9-5-2-6-10-18/h1-10,16,19-20,22H,11-15H2,(H,21,23). The van der Waals surface area contributed by atoms with Crippen LogP contribution in [-0.4, -0.2) is 39.7 Å². The highest BCUT2D eigenvalue weighted by Gasteiger charge is 2.18. The Morgan fingerprint density at radius 1 is 0.923 bits per heavy atom. The van der Waals surface area contributed by atoms with E-state index in [1.165, 1.54) is 0 Å². The van der Waals surface area contributed by atoms with Crippen LogP contribution in [-0.2, 0) is 21.2 Å². The summed E-state index contributed by atoms with van der Waals surface area (Å²) in [6.45, 7) is 0.767. The minimum absolute atomic E-state index is 0.135. The topological polar surface area (TPSA) is 87.3 Å². The van der Waals surface area contributed by atoms with Crippen molar-refractivity contribution in [3.63, 3.8) is 0 Å². The van der Waals surface area contributed by atoms with Crippen molar-refractivity contribution in [3.05, 3.63) is 66.2 Å². The van der Waals surface area contributed by atoms with E-state index in [4.69, 9.17) is 0 Å². The van der Waals surface area contributed by atoms with Gasteiger partial charge in [-0.25, -0.2) is 13.1 Å². The maximum atomic E-state index is 12.2. The van der Waals surface area contributed by atoms with Crippen molar-refractivity contribution in [2.24, 2.45) is 0 Å². The second-order valence-electron chi connectivity index (χ2n) is 5.97. The lowest BCUT2D eigenvalue weighted by atomic mass is 10.1. The molecule has 2 aromatic rings. The largest absolute Gasteiger partial charge is 0.384 e. The average molecular weight is 375 g/mol. The van der Waals surface area contributed by atoms with E-state index >= 15 is 0 Å². The summed E-state index contributed by atoms with van der Waals surface area (Å²) in [4.78, 5) is 10.8. The third-order valence-corrected chi connectivity index (χ3v) is 5.38. The zero-order valence-electron chi connectivity index (χ0n) is 14.6. The zero-order valence-corrected chi connectivity index (χ0v) is 15.4. The molecule has 140 valence electrons. The van der Waals surface area contributed by atoms with Crippen molar-refractivity contribution in [1.29, 1.82) is 0 Å². The van der Waals surface area contributed by atoms with Crippen molar-refractivity contribution in [2.75, 3.05) is 24.2 Å². The molecule has 0 heterocycles. The first-order valence-corrected chi connectivity index (χ1v) is 10.2. The van der Waals surface area contributed by atoms with Gasteiger partial charge in [-0.1, -0.05) is 48.5 Å². The van der Waals surface area contributed by atoms with Gasteiger partial charge in [-0.05, 0) is 30.5 Å². The van der Waals surface area contributed by atoms with Gasteiger partial charge < -0.3 is 10.6 Å². The van der Waals surface area contributed by atoms with Gasteiger partial charge in [0, 0.05) is 24.8 Å². The van der Waals surface area contributed by atoms with Crippen molar-refractivity contribution >= 4 is 22.1 Å². The number of aryl methyl sites for hydroxylation is 1. The van der Waals surface area contributed by atoms with E-state index in [1.807, 2.05) is 60.7 Å². The summed E-state index contributed by atoms with van der Waals surface area (Å²) in [6.07, 6.45) is 1.82. The van der Waals surface area contributed by atoms with E-state index in [2.05, 4.69) is 15.4 Å². The molecule has 2 rings (SSSR count). The molecule has 0 aliphatic rings. The maximum absolute atomic E-state index is 12.2. The Kier molecular flexibility index (Phi) is 8.11. The molecule has 3 N–H and O–H groups in total. The molecule has 1 amide bonds. The van der Waals surface area contributed by atoms with Gasteiger partial charge in [0.15, 0.2) is 0 Å². The summed E-state index contributed by atoms with van der Waals surface area (Å²) < 4.78 is 27.1. The van der Waals surface area contributed by atoms with Crippen LogP contribution in [0.1, 0.15) is 12.0 Å². The number of benzene rings is 2. The van der Waals surface area contributed by atoms with E-state index in [0.717, 1.165) is 11.3 Å². The number of carbonyl (C=O) groups excluding carboxylic acids is 1. The molecule has 0 aliphatic carbocycles. The van der Waals surface area contributed by atoms with Crippen LogP contribution in [0.2, 0.25) is 0 Å². The molecule has 2 aromatic carbocycles. The normalized spacial score (nSPS) is 12.3. The van der Waals surface area contributed by atoms with Gasteiger partial charge in [0.1, 0.15) is 0 Å². The first-order chi connectivity index (χ1) is 12.6. The van der Waals surface area contributed by atoms with E-state index in [1.54, 1.807) is 0 Å². The lowest BCUT2D eigenvalue weighted by Gasteiger charge is -2.17. The van der Waals surface area contributed by atoms with Crippen molar-refractivity contribution < 1.29 is 13.2 Å². The number of sulfonamides is 1. The number of carbonyl (C=O) groups is 1. The Morgan fingerprint density at radius 3 is 2.23 bits per heavy atom. The van der Waals surface area contributed by atoms with Crippen LogP contribution >= 0.6 is 0 Å². The predicted molar refractivity (Wildman–Crippen MR) is 104 cm³/mol. The molecule has 1 unspecified atom stereocenters. The van der Waals surface area contributed by atoms with E-state index < -0.39 is 16.1 Å². The van der Waals surface area contributed by atoms with Gasteiger partial charge in [-0.15, -0.1) is 0 Å². The maximum Gasteiger partial charge on any atom is 0.213 e. The predicted octanol–water partition coefficient (Wildman–Crippen LogP) is 1.77. The molecule has 0 aromatic heterocycles. The van der Waals surface area contributed by atoms with Crippen molar-refractivity contribution in [2.45, 2.75) is 18.9 Å². The molecule has 0 bridgehead atoms. The van der Waals surface area contributed by atoms with Crippen LogP contribution in [0, 0.1) is 0 Å². The fourth-order valence-electron chi connectivity index (χ4n) is 2.59. The highest BCUT2D eigenvalue weighted by molar-refractivity contribution is 7.89. The number of amides is 1. The number of rotatable bonds is 12. The Morgan fingerprint density at radius 2 is 1.58 bits per heavy atom. The molecule has 26 heavy (non-hydrogen) atoms. The summed E-state index contributed by atoms with van der Waals surface area (Å²) in [5.74, 6) is -0.135. The Hall–Kier alpha value is -2.38. The molecule has 0 aliphatic heterocycles. The number of hydrogen-bond donors (Lipinski definition) is 3. The minimum atomic E-state index is -3.47. The van der Waals surface area contributed by atoms with Gasteiger partial charge in [0.2, 0.25) is 16.4 Å². The SMILES string of the molecule is O=CNC(CCc1ccccc1)CS(=O)(=O)NCCNc1ccccc1. The third-order valence-electron chi connectivity index (χ3n) is 3.90. The molecule has 7 heteroatoms. The third kappa shape index (κ3) is 7.67. The first-order valence-electron chi connectivity index (χ1n) is 8.59. The molecular formula is C19H25N3O3S. The second-order valence-corrected chi connectivity index (χ2v) is 7.83. The number of hydrogen-bond acceptors (Lipinski definition) is 4.